The zero-order chi connectivity index (χ0) is 21.5. The molecule has 3 aromatic carbocycles. The second-order valence-electron chi connectivity index (χ2n) is 7.53. The van der Waals surface area contributed by atoms with Gasteiger partial charge < -0.3 is 15.8 Å². The molecule has 0 aliphatic rings. The van der Waals surface area contributed by atoms with Crippen molar-refractivity contribution < 1.29 is 13.9 Å². The molecule has 0 spiro atoms. The van der Waals surface area contributed by atoms with Crippen molar-refractivity contribution in [1.82, 2.24) is 5.32 Å². The Morgan fingerprint density at radius 1 is 1.03 bits per heavy atom. The fraction of sp³-hybridized carbons (Fsp3) is 0.240. The molecule has 0 unspecified atom stereocenters. The molecule has 30 heavy (non-hydrogen) atoms. The maximum Gasteiger partial charge on any atom is 0.234 e. The Hall–Kier alpha value is -3.18. The molecule has 5 heteroatoms. The summed E-state index contributed by atoms with van der Waals surface area (Å²) in [6, 6.07) is 20.2. The van der Waals surface area contributed by atoms with Gasteiger partial charge in [-0.2, -0.15) is 0 Å². The first-order chi connectivity index (χ1) is 14.4. The Labute approximate surface area is 176 Å². The number of nitrogens with two attached hydrogens (primary N) is 1. The van der Waals surface area contributed by atoms with Crippen LogP contribution in [0.4, 0.5) is 4.39 Å². The Bertz CT molecular complexity index is 1020. The zero-order valence-corrected chi connectivity index (χ0v) is 17.3. The van der Waals surface area contributed by atoms with Gasteiger partial charge in [0.25, 0.3) is 0 Å². The largest absolute Gasteiger partial charge is 0.489 e. The predicted molar refractivity (Wildman–Crippen MR) is 117 cm³/mol. The van der Waals surface area contributed by atoms with Crippen molar-refractivity contribution in [3.8, 4) is 5.75 Å². The number of amides is 1. The average Bonchev–Trinajstić information content (AvgIpc) is 2.71. The first-order valence-corrected chi connectivity index (χ1v) is 9.98. The van der Waals surface area contributed by atoms with Crippen molar-refractivity contribution in [3.05, 3.63) is 100 Å². The number of nitrogens with one attached hydrogen (secondary N) is 1. The number of primary amides is 1. The van der Waals surface area contributed by atoms with Gasteiger partial charge in [-0.1, -0.05) is 54.1 Å². The minimum atomic E-state index is -0.422. The molecule has 0 aromatic heterocycles. The summed E-state index contributed by atoms with van der Waals surface area (Å²) in [5.41, 5.74) is 10.4. The van der Waals surface area contributed by atoms with Crippen LogP contribution < -0.4 is 15.8 Å². The smallest absolute Gasteiger partial charge is 0.234 e. The molecule has 3 rings (SSSR count). The molecular formula is C25H27FN2O2. The summed E-state index contributed by atoms with van der Waals surface area (Å²) >= 11 is 0. The van der Waals surface area contributed by atoms with Gasteiger partial charge in [0.1, 0.15) is 18.2 Å². The number of carbonyl (C=O) groups is 1. The van der Waals surface area contributed by atoms with Crippen LogP contribution in [0, 0.1) is 12.7 Å². The lowest BCUT2D eigenvalue weighted by Crippen LogP contribution is -2.38. The zero-order valence-electron chi connectivity index (χ0n) is 17.3. The van der Waals surface area contributed by atoms with Crippen molar-refractivity contribution in [2.75, 3.05) is 0 Å². The fourth-order valence-corrected chi connectivity index (χ4v) is 3.22. The lowest BCUT2D eigenvalue weighted by atomic mass is 10.0. The minimum absolute atomic E-state index is 0.261. The van der Waals surface area contributed by atoms with Gasteiger partial charge in [0.2, 0.25) is 5.91 Å². The molecule has 0 heterocycles. The van der Waals surface area contributed by atoms with E-state index in [0.29, 0.717) is 19.6 Å². The van der Waals surface area contributed by atoms with Crippen LogP contribution in [0.25, 0.3) is 0 Å². The SMILES string of the molecule is Cc1cccc(COc2ccc(CN[C@@H](C)C(N)=O)cc2Cc2cccc(F)c2)c1. The molecule has 4 nitrogen and oxygen atoms in total. The molecule has 156 valence electrons. The second kappa shape index (κ2) is 10.0. The summed E-state index contributed by atoms with van der Waals surface area (Å²) in [5, 5.41) is 3.11. The van der Waals surface area contributed by atoms with Crippen LogP contribution in [0.2, 0.25) is 0 Å². The Balaban J connectivity index is 1.81. The summed E-state index contributed by atoms with van der Waals surface area (Å²) in [4.78, 5) is 11.3. The Morgan fingerprint density at radius 2 is 1.80 bits per heavy atom. The standard InChI is InChI=1S/C25H27FN2O2/c1-17-5-3-7-21(11-17)16-30-24-10-9-20(15-28-18(2)25(27)29)13-22(24)12-19-6-4-8-23(26)14-19/h3-11,13-14,18,28H,12,15-16H2,1-2H3,(H2,27,29)/t18-/m0/s1. The highest BCUT2D eigenvalue weighted by atomic mass is 19.1. The maximum absolute atomic E-state index is 13.7. The number of hydrogen-bond donors (Lipinski definition) is 2. The maximum atomic E-state index is 13.7. The third kappa shape index (κ3) is 6.16. The molecule has 0 aliphatic carbocycles. The van der Waals surface area contributed by atoms with Crippen molar-refractivity contribution in [1.29, 1.82) is 0 Å². The summed E-state index contributed by atoms with van der Waals surface area (Å²) < 4.78 is 19.8. The van der Waals surface area contributed by atoms with E-state index in [2.05, 4.69) is 11.4 Å². The quantitative estimate of drug-likeness (QED) is 0.558. The summed E-state index contributed by atoms with van der Waals surface area (Å²) in [6.07, 6.45) is 0.542. The van der Waals surface area contributed by atoms with Crippen LogP contribution >= 0.6 is 0 Å². The van der Waals surface area contributed by atoms with E-state index in [4.69, 9.17) is 10.5 Å². The molecule has 0 fully saturated rings. The molecule has 0 bridgehead atoms. The lowest BCUT2D eigenvalue weighted by Gasteiger charge is -2.15. The molecule has 3 N–H and O–H groups in total. The van der Waals surface area contributed by atoms with Crippen LogP contribution in [0.5, 0.6) is 5.75 Å². The van der Waals surface area contributed by atoms with E-state index in [9.17, 15) is 9.18 Å². The Kier molecular flexibility index (Phi) is 7.20. The molecular weight excluding hydrogens is 379 g/mol. The van der Waals surface area contributed by atoms with Crippen LogP contribution in [-0.2, 0) is 24.4 Å². The highest BCUT2D eigenvalue weighted by Crippen LogP contribution is 2.25. The fourth-order valence-electron chi connectivity index (χ4n) is 3.22. The third-order valence-electron chi connectivity index (χ3n) is 4.92. The van der Waals surface area contributed by atoms with Crippen molar-refractivity contribution in [3.63, 3.8) is 0 Å². The third-order valence-corrected chi connectivity index (χ3v) is 4.92. The molecule has 0 saturated heterocycles. The van der Waals surface area contributed by atoms with Gasteiger partial charge >= 0.3 is 0 Å². The van der Waals surface area contributed by atoms with Crippen molar-refractivity contribution >= 4 is 5.91 Å². The van der Waals surface area contributed by atoms with Crippen molar-refractivity contribution in [2.24, 2.45) is 5.73 Å². The average molecular weight is 407 g/mol. The topological polar surface area (TPSA) is 64.3 Å². The molecule has 1 atom stereocenters. The highest BCUT2D eigenvalue weighted by Gasteiger charge is 2.11. The van der Waals surface area contributed by atoms with Gasteiger partial charge in [-0.25, -0.2) is 4.39 Å². The van der Waals surface area contributed by atoms with E-state index in [-0.39, 0.29) is 5.82 Å². The number of ether oxygens (including phenoxy) is 1. The van der Waals surface area contributed by atoms with Gasteiger partial charge in [-0.3, -0.25) is 4.79 Å². The highest BCUT2D eigenvalue weighted by molar-refractivity contribution is 5.79. The van der Waals surface area contributed by atoms with Crippen LogP contribution in [0.1, 0.15) is 34.7 Å². The number of halogens is 1. The molecule has 0 aliphatic heterocycles. The number of aryl methyl sites for hydroxylation is 1. The van der Waals surface area contributed by atoms with Crippen LogP contribution in [0.3, 0.4) is 0 Å². The van der Waals surface area contributed by atoms with Gasteiger partial charge in [-0.15, -0.1) is 0 Å². The number of hydrogen-bond acceptors (Lipinski definition) is 3. The first-order valence-electron chi connectivity index (χ1n) is 9.98. The molecule has 0 saturated carbocycles. The number of carbonyl (C=O) groups excluding carboxylic acids is 1. The molecule has 1 amide bonds. The van der Waals surface area contributed by atoms with E-state index in [1.165, 1.54) is 17.7 Å². The van der Waals surface area contributed by atoms with E-state index in [1.807, 2.05) is 49.4 Å². The summed E-state index contributed by atoms with van der Waals surface area (Å²) in [5.74, 6) is 0.100. The van der Waals surface area contributed by atoms with Gasteiger partial charge in [-0.05, 0) is 54.3 Å². The van der Waals surface area contributed by atoms with E-state index < -0.39 is 11.9 Å². The van der Waals surface area contributed by atoms with Crippen molar-refractivity contribution in [2.45, 2.75) is 39.5 Å². The second-order valence-corrected chi connectivity index (χ2v) is 7.53. The lowest BCUT2D eigenvalue weighted by molar-refractivity contribution is -0.119. The number of benzene rings is 3. The normalized spacial score (nSPS) is 11.8. The minimum Gasteiger partial charge on any atom is -0.489 e. The molecule has 3 aromatic rings. The van der Waals surface area contributed by atoms with Gasteiger partial charge in [0.05, 0.1) is 6.04 Å². The predicted octanol–water partition coefficient (Wildman–Crippen LogP) is 4.27. The first kappa shape index (κ1) is 21.5. The number of rotatable bonds is 9. The molecule has 0 radical (unpaired) electrons. The van der Waals surface area contributed by atoms with E-state index in [1.54, 1.807) is 13.0 Å². The summed E-state index contributed by atoms with van der Waals surface area (Å²) in [7, 11) is 0. The summed E-state index contributed by atoms with van der Waals surface area (Å²) in [6.45, 7) is 4.73. The van der Waals surface area contributed by atoms with E-state index in [0.717, 1.165) is 28.0 Å². The van der Waals surface area contributed by atoms with E-state index >= 15 is 0 Å². The Morgan fingerprint density at radius 3 is 2.53 bits per heavy atom. The van der Waals surface area contributed by atoms with Crippen LogP contribution in [-0.4, -0.2) is 11.9 Å². The van der Waals surface area contributed by atoms with Gasteiger partial charge in [0, 0.05) is 13.0 Å². The van der Waals surface area contributed by atoms with Gasteiger partial charge in [0.15, 0.2) is 0 Å². The van der Waals surface area contributed by atoms with Crippen LogP contribution in [0.15, 0.2) is 66.7 Å². The monoisotopic (exact) mass is 406 g/mol.